The average Bonchev–Trinajstić information content (AvgIpc) is 3.47. The van der Waals surface area contributed by atoms with Crippen LogP contribution in [0.3, 0.4) is 0 Å². The molecule has 0 amide bonds. The molecular weight excluding hydrogens is 997 g/mol. The first-order valence-corrected chi connectivity index (χ1v) is 37.2. The van der Waals surface area contributed by atoms with Crippen LogP contribution in [0.1, 0.15) is 432 Å². The zero-order valence-electron chi connectivity index (χ0n) is 55.4. The second-order valence-corrected chi connectivity index (χ2v) is 25.6. The van der Waals surface area contributed by atoms with E-state index >= 15 is 0 Å². The van der Waals surface area contributed by atoms with Crippen LogP contribution >= 0.6 is 0 Å². The average molecular weight is 1140 g/mol. The summed E-state index contributed by atoms with van der Waals surface area (Å²) in [5, 5.41) is 0. The Morgan fingerprint density at radius 3 is 0.617 bits per heavy atom. The van der Waals surface area contributed by atoms with Gasteiger partial charge >= 0.3 is 17.9 Å². The minimum Gasteiger partial charge on any atom is -0.462 e. The van der Waals surface area contributed by atoms with Crippen molar-refractivity contribution in [2.45, 2.75) is 438 Å². The summed E-state index contributed by atoms with van der Waals surface area (Å²) in [5.74, 6) is -0.836. The van der Waals surface area contributed by atoms with Gasteiger partial charge in [0.05, 0.1) is 0 Å². The predicted molar refractivity (Wildman–Crippen MR) is 353 cm³/mol. The van der Waals surface area contributed by atoms with E-state index in [4.69, 9.17) is 14.2 Å². The van der Waals surface area contributed by atoms with E-state index in [9.17, 15) is 14.4 Å². The van der Waals surface area contributed by atoms with Crippen LogP contribution in [0.15, 0.2) is 12.2 Å². The van der Waals surface area contributed by atoms with Crippen LogP contribution in [-0.4, -0.2) is 37.2 Å². The Bertz CT molecular complexity index is 1260. The molecule has 81 heavy (non-hydrogen) atoms. The second-order valence-electron chi connectivity index (χ2n) is 25.6. The summed E-state index contributed by atoms with van der Waals surface area (Å²) in [6, 6.07) is 0. The Hall–Kier alpha value is -1.85. The van der Waals surface area contributed by atoms with Gasteiger partial charge in [-0.2, -0.15) is 0 Å². The van der Waals surface area contributed by atoms with E-state index in [1.807, 2.05) is 0 Å². The van der Waals surface area contributed by atoms with Crippen molar-refractivity contribution in [2.24, 2.45) is 0 Å². The van der Waals surface area contributed by atoms with Crippen LogP contribution in [0, 0.1) is 0 Å². The van der Waals surface area contributed by atoms with Crippen LogP contribution in [-0.2, 0) is 28.6 Å². The number of rotatable bonds is 70. The van der Waals surface area contributed by atoms with Crippen LogP contribution in [0.4, 0.5) is 0 Å². The number of hydrogen-bond acceptors (Lipinski definition) is 6. The first-order chi connectivity index (χ1) is 40.0. The fraction of sp³-hybridized carbons (Fsp3) is 0.933. The van der Waals surface area contributed by atoms with Crippen LogP contribution in [0.25, 0.3) is 0 Å². The molecule has 1 atom stereocenters. The zero-order valence-corrected chi connectivity index (χ0v) is 55.4. The van der Waals surface area contributed by atoms with E-state index in [-0.39, 0.29) is 31.1 Å². The van der Waals surface area contributed by atoms with Crippen molar-refractivity contribution in [1.29, 1.82) is 0 Å². The summed E-state index contributed by atoms with van der Waals surface area (Å²) in [4.78, 5) is 38.4. The molecule has 0 aromatic carbocycles. The third-order valence-electron chi connectivity index (χ3n) is 17.3. The normalized spacial score (nSPS) is 12.0. The van der Waals surface area contributed by atoms with Gasteiger partial charge in [0.1, 0.15) is 13.2 Å². The molecule has 1 unspecified atom stereocenters. The highest BCUT2D eigenvalue weighted by Gasteiger charge is 2.20. The van der Waals surface area contributed by atoms with E-state index in [2.05, 4.69) is 32.9 Å². The highest BCUT2D eigenvalue weighted by Crippen LogP contribution is 2.20. The van der Waals surface area contributed by atoms with Gasteiger partial charge in [-0.1, -0.05) is 380 Å². The lowest BCUT2D eigenvalue weighted by molar-refractivity contribution is -0.167. The number of carbonyl (C=O) groups excluding carboxylic acids is 3. The highest BCUT2D eigenvalue weighted by molar-refractivity contribution is 5.71. The summed E-state index contributed by atoms with van der Waals surface area (Å²) in [7, 11) is 0. The van der Waals surface area contributed by atoms with Gasteiger partial charge < -0.3 is 14.2 Å². The van der Waals surface area contributed by atoms with Gasteiger partial charge in [-0.25, -0.2) is 0 Å². The smallest absolute Gasteiger partial charge is 0.306 e. The van der Waals surface area contributed by atoms with Gasteiger partial charge in [-0.3, -0.25) is 14.4 Å². The largest absolute Gasteiger partial charge is 0.462 e. The topological polar surface area (TPSA) is 78.9 Å². The van der Waals surface area contributed by atoms with E-state index in [1.165, 1.54) is 334 Å². The van der Waals surface area contributed by atoms with Gasteiger partial charge in [0, 0.05) is 19.3 Å². The van der Waals surface area contributed by atoms with Gasteiger partial charge in [-0.15, -0.1) is 0 Å². The third-order valence-corrected chi connectivity index (χ3v) is 17.3. The maximum atomic E-state index is 12.9. The molecule has 0 saturated heterocycles. The van der Waals surface area contributed by atoms with E-state index in [1.54, 1.807) is 0 Å². The van der Waals surface area contributed by atoms with E-state index < -0.39 is 6.10 Å². The predicted octanol–water partition coefficient (Wildman–Crippen LogP) is 25.6. The van der Waals surface area contributed by atoms with Gasteiger partial charge in [0.15, 0.2) is 6.10 Å². The quantitative estimate of drug-likeness (QED) is 0.0261. The molecule has 0 aliphatic rings. The Kier molecular flexibility index (Phi) is 69.0. The van der Waals surface area contributed by atoms with Crippen molar-refractivity contribution in [3.63, 3.8) is 0 Å². The minimum atomic E-state index is -0.768. The Balaban J connectivity index is 4.04. The summed E-state index contributed by atoms with van der Waals surface area (Å²) < 4.78 is 17.0. The van der Waals surface area contributed by atoms with E-state index in [0.29, 0.717) is 19.3 Å². The molecule has 0 fully saturated rings. The summed E-state index contributed by atoms with van der Waals surface area (Å²) in [6.45, 7) is 6.71. The standard InChI is InChI=1S/C75H144O6/c1-4-7-10-13-16-19-22-25-27-29-30-31-32-33-34-35-36-37-38-39-40-41-42-43-44-45-47-48-50-53-56-59-62-65-68-74(77)80-71-72(70-79-73(76)67-64-61-58-55-52-24-21-18-15-12-9-6-3)81-75(78)69-66-63-60-57-54-51-49-46-28-26-23-20-17-14-11-8-5-2/h26,28,72H,4-25,27,29-71H2,1-3H3/b28-26-. The zero-order chi connectivity index (χ0) is 58.5. The molecule has 0 rings (SSSR count). The summed E-state index contributed by atoms with van der Waals surface area (Å²) in [5.41, 5.74) is 0. The van der Waals surface area contributed by atoms with Crippen molar-refractivity contribution in [3.05, 3.63) is 12.2 Å². The van der Waals surface area contributed by atoms with Crippen molar-refractivity contribution < 1.29 is 28.6 Å². The van der Waals surface area contributed by atoms with Gasteiger partial charge in [0.25, 0.3) is 0 Å². The molecule has 0 aromatic heterocycles. The number of hydrogen-bond donors (Lipinski definition) is 0. The van der Waals surface area contributed by atoms with Crippen molar-refractivity contribution in [2.75, 3.05) is 13.2 Å². The van der Waals surface area contributed by atoms with Crippen LogP contribution in [0.2, 0.25) is 0 Å². The lowest BCUT2D eigenvalue weighted by Gasteiger charge is -2.18. The van der Waals surface area contributed by atoms with Crippen molar-refractivity contribution in [1.82, 2.24) is 0 Å². The number of allylic oxidation sites excluding steroid dienone is 2. The van der Waals surface area contributed by atoms with Crippen molar-refractivity contribution >= 4 is 17.9 Å². The maximum Gasteiger partial charge on any atom is 0.306 e. The second kappa shape index (κ2) is 70.6. The van der Waals surface area contributed by atoms with Gasteiger partial charge in [-0.05, 0) is 44.9 Å². The molecule has 0 spiro atoms. The lowest BCUT2D eigenvalue weighted by atomic mass is 10.0. The number of ether oxygens (including phenoxy) is 3. The number of esters is 3. The molecule has 0 aliphatic carbocycles. The molecule has 0 aliphatic heterocycles. The molecular formula is C75H144O6. The molecule has 0 aromatic rings. The Morgan fingerprint density at radius 2 is 0.407 bits per heavy atom. The molecule has 6 nitrogen and oxygen atoms in total. The van der Waals surface area contributed by atoms with E-state index in [0.717, 1.165) is 57.8 Å². The Morgan fingerprint density at radius 1 is 0.235 bits per heavy atom. The maximum absolute atomic E-state index is 12.9. The minimum absolute atomic E-state index is 0.0651. The lowest BCUT2D eigenvalue weighted by Crippen LogP contribution is -2.30. The number of unbranched alkanes of at least 4 members (excludes halogenated alkanes) is 57. The highest BCUT2D eigenvalue weighted by atomic mass is 16.6. The first-order valence-electron chi connectivity index (χ1n) is 37.2. The molecule has 0 radical (unpaired) electrons. The van der Waals surface area contributed by atoms with Crippen molar-refractivity contribution in [3.8, 4) is 0 Å². The van der Waals surface area contributed by atoms with Gasteiger partial charge in [0.2, 0.25) is 0 Å². The van der Waals surface area contributed by atoms with Crippen LogP contribution in [0.5, 0.6) is 0 Å². The molecule has 0 saturated carbocycles. The molecule has 6 heteroatoms. The molecule has 0 N–H and O–H groups in total. The summed E-state index contributed by atoms with van der Waals surface area (Å²) in [6.07, 6.45) is 85.6. The molecule has 480 valence electrons. The Labute approximate surface area is 507 Å². The number of carbonyl (C=O) groups is 3. The summed E-state index contributed by atoms with van der Waals surface area (Å²) >= 11 is 0. The SMILES string of the molecule is CCCCCCCC/C=C\CCCCCCCCCC(=O)OC(COC(=O)CCCCCCCCCCCCCC)COC(=O)CCCCCCCCCCCCCCCCCCCCCCCCCCCCCCCCCCCC. The molecule has 0 bridgehead atoms. The third kappa shape index (κ3) is 68.8. The monoisotopic (exact) mass is 1140 g/mol. The fourth-order valence-electron chi connectivity index (χ4n) is 11.7. The molecule has 0 heterocycles. The fourth-order valence-corrected chi connectivity index (χ4v) is 11.7. The van der Waals surface area contributed by atoms with Crippen LogP contribution < -0.4 is 0 Å². The first kappa shape index (κ1) is 79.2.